The van der Waals surface area contributed by atoms with Crippen LogP contribution in [0.2, 0.25) is 0 Å². The van der Waals surface area contributed by atoms with Gasteiger partial charge in [0.1, 0.15) is 5.75 Å². The number of ether oxygens (including phenoxy) is 1. The van der Waals surface area contributed by atoms with E-state index in [4.69, 9.17) is 4.74 Å². The van der Waals surface area contributed by atoms with Crippen LogP contribution in [0.5, 0.6) is 5.75 Å². The topological polar surface area (TPSA) is 67.4 Å². The van der Waals surface area contributed by atoms with E-state index in [-0.39, 0.29) is 11.7 Å². The fourth-order valence-electron chi connectivity index (χ4n) is 2.22. The molecule has 2 rings (SSSR count). The summed E-state index contributed by atoms with van der Waals surface area (Å²) in [6.07, 6.45) is -3.72. The van der Waals surface area contributed by atoms with Crippen molar-refractivity contribution in [2.24, 2.45) is 0 Å². The highest BCUT2D eigenvalue weighted by atomic mass is 19.4. The molecule has 0 unspecified atom stereocenters. The molecule has 0 aliphatic heterocycles. The number of amides is 2. The van der Waals surface area contributed by atoms with Gasteiger partial charge in [-0.2, -0.15) is 13.2 Å². The van der Waals surface area contributed by atoms with Crippen LogP contribution in [0.4, 0.5) is 18.9 Å². The van der Waals surface area contributed by atoms with E-state index < -0.39 is 24.3 Å². The molecule has 0 aliphatic rings. The van der Waals surface area contributed by atoms with Crippen molar-refractivity contribution < 1.29 is 27.5 Å². The monoisotopic (exact) mass is 380 g/mol. The van der Waals surface area contributed by atoms with Gasteiger partial charge in [0, 0.05) is 6.54 Å². The highest BCUT2D eigenvalue weighted by molar-refractivity contribution is 6.04. The van der Waals surface area contributed by atoms with Gasteiger partial charge < -0.3 is 15.4 Å². The van der Waals surface area contributed by atoms with E-state index in [2.05, 4.69) is 10.6 Å². The van der Waals surface area contributed by atoms with Crippen LogP contribution in [0.1, 0.15) is 29.3 Å². The summed E-state index contributed by atoms with van der Waals surface area (Å²) in [5.74, 6) is -0.997. The van der Waals surface area contributed by atoms with Gasteiger partial charge in [-0.15, -0.1) is 0 Å². The molecule has 0 heterocycles. The number of halogens is 3. The summed E-state index contributed by atoms with van der Waals surface area (Å²) < 4.78 is 43.2. The number of alkyl halides is 3. The Bertz CT molecular complexity index is 807. The van der Waals surface area contributed by atoms with Crippen molar-refractivity contribution in [2.45, 2.75) is 19.5 Å². The number of anilines is 1. The fraction of sp³-hybridized carbons (Fsp3) is 0.263. The van der Waals surface area contributed by atoms with Crippen molar-refractivity contribution >= 4 is 17.5 Å². The largest absolute Gasteiger partial charge is 0.484 e. The Morgan fingerprint density at radius 1 is 1.07 bits per heavy atom. The molecule has 27 heavy (non-hydrogen) atoms. The van der Waals surface area contributed by atoms with Crippen molar-refractivity contribution in [2.75, 3.05) is 18.5 Å². The second-order valence-corrected chi connectivity index (χ2v) is 5.66. The second-order valence-electron chi connectivity index (χ2n) is 5.66. The molecule has 0 bridgehead atoms. The molecular formula is C19H19F3N2O3. The van der Waals surface area contributed by atoms with E-state index in [1.165, 1.54) is 12.1 Å². The smallest absolute Gasteiger partial charge is 0.416 e. The van der Waals surface area contributed by atoms with Crippen molar-refractivity contribution in [1.82, 2.24) is 5.32 Å². The van der Waals surface area contributed by atoms with E-state index in [1.807, 2.05) is 6.92 Å². The van der Waals surface area contributed by atoms with Crippen LogP contribution in [0, 0.1) is 0 Å². The summed E-state index contributed by atoms with van der Waals surface area (Å²) >= 11 is 0. The summed E-state index contributed by atoms with van der Waals surface area (Å²) in [6, 6.07) is 10.7. The molecular weight excluding hydrogens is 361 g/mol. The first kappa shape index (κ1) is 20.3. The number of hydrogen-bond donors (Lipinski definition) is 2. The Hall–Kier alpha value is -3.03. The minimum absolute atomic E-state index is 0.0750. The lowest BCUT2D eigenvalue weighted by Crippen LogP contribution is -2.27. The first-order valence-corrected chi connectivity index (χ1v) is 8.28. The van der Waals surface area contributed by atoms with Crippen LogP contribution in [0.15, 0.2) is 48.5 Å². The predicted octanol–water partition coefficient (Wildman–Crippen LogP) is 3.86. The van der Waals surface area contributed by atoms with Crippen LogP contribution in [-0.2, 0) is 11.0 Å². The van der Waals surface area contributed by atoms with Crippen LogP contribution in [-0.4, -0.2) is 25.0 Å². The average Bonchev–Trinajstić information content (AvgIpc) is 2.64. The molecule has 8 heteroatoms. The molecule has 2 N–H and O–H groups in total. The SMILES string of the molecule is CCCNC(=O)c1ccccc1NC(=O)COc1cccc(C(F)(F)F)c1. The quantitative estimate of drug-likeness (QED) is 0.767. The molecule has 0 fully saturated rings. The first-order chi connectivity index (χ1) is 12.8. The maximum absolute atomic E-state index is 12.7. The highest BCUT2D eigenvalue weighted by Gasteiger charge is 2.30. The van der Waals surface area contributed by atoms with Crippen molar-refractivity contribution in [3.05, 3.63) is 59.7 Å². The zero-order valence-corrected chi connectivity index (χ0v) is 14.6. The average molecular weight is 380 g/mol. The van der Waals surface area contributed by atoms with Crippen molar-refractivity contribution in [3.8, 4) is 5.75 Å². The number of hydrogen-bond acceptors (Lipinski definition) is 3. The summed E-state index contributed by atoms with van der Waals surface area (Å²) in [4.78, 5) is 24.2. The molecule has 0 aromatic heterocycles. The van der Waals surface area contributed by atoms with Crippen LogP contribution < -0.4 is 15.4 Å². The minimum atomic E-state index is -4.49. The van der Waals surface area contributed by atoms with Crippen LogP contribution >= 0.6 is 0 Å². The molecule has 0 spiro atoms. The summed E-state index contributed by atoms with van der Waals surface area (Å²) in [6.45, 7) is 1.92. The number of carbonyl (C=O) groups is 2. The molecule has 144 valence electrons. The fourth-order valence-corrected chi connectivity index (χ4v) is 2.22. The Morgan fingerprint density at radius 2 is 1.81 bits per heavy atom. The number of carbonyl (C=O) groups excluding carboxylic acids is 2. The first-order valence-electron chi connectivity index (χ1n) is 8.28. The zero-order chi connectivity index (χ0) is 19.9. The van der Waals surface area contributed by atoms with Gasteiger partial charge in [0.2, 0.25) is 0 Å². The van der Waals surface area contributed by atoms with Gasteiger partial charge in [-0.25, -0.2) is 0 Å². The number of benzene rings is 2. The maximum Gasteiger partial charge on any atom is 0.416 e. The van der Waals surface area contributed by atoms with Gasteiger partial charge in [0.25, 0.3) is 11.8 Å². The Labute approximate surface area is 154 Å². The Kier molecular flexibility index (Phi) is 6.81. The molecule has 2 aromatic rings. The Morgan fingerprint density at radius 3 is 2.52 bits per heavy atom. The third-order valence-corrected chi connectivity index (χ3v) is 3.51. The molecule has 0 aliphatic carbocycles. The molecule has 5 nitrogen and oxygen atoms in total. The molecule has 2 amide bonds. The second kappa shape index (κ2) is 9.07. The van der Waals surface area contributed by atoms with Gasteiger partial charge in [-0.1, -0.05) is 25.1 Å². The van der Waals surface area contributed by atoms with E-state index in [9.17, 15) is 22.8 Å². The lowest BCUT2D eigenvalue weighted by atomic mass is 10.1. The minimum Gasteiger partial charge on any atom is -0.484 e. The Balaban J connectivity index is 2.00. The lowest BCUT2D eigenvalue weighted by molar-refractivity contribution is -0.137. The molecule has 0 atom stereocenters. The summed E-state index contributed by atoms with van der Waals surface area (Å²) in [5, 5.41) is 5.25. The number of nitrogens with one attached hydrogen (secondary N) is 2. The zero-order valence-electron chi connectivity index (χ0n) is 14.6. The molecule has 0 saturated carbocycles. The van der Waals surface area contributed by atoms with E-state index in [0.29, 0.717) is 17.8 Å². The summed E-state index contributed by atoms with van der Waals surface area (Å²) in [7, 11) is 0. The lowest BCUT2D eigenvalue weighted by Gasteiger charge is -2.12. The molecule has 0 radical (unpaired) electrons. The predicted molar refractivity (Wildman–Crippen MR) is 94.6 cm³/mol. The van der Waals surface area contributed by atoms with Crippen molar-refractivity contribution in [1.29, 1.82) is 0 Å². The van der Waals surface area contributed by atoms with Gasteiger partial charge in [-0.3, -0.25) is 9.59 Å². The van der Waals surface area contributed by atoms with Gasteiger partial charge in [0.05, 0.1) is 16.8 Å². The van der Waals surface area contributed by atoms with E-state index in [1.54, 1.807) is 24.3 Å². The third-order valence-electron chi connectivity index (χ3n) is 3.51. The normalized spacial score (nSPS) is 11.0. The highest BCUT2D eigenvalue weighted by Crippen LogP contribution is 2.31. The molecule has 0 saturated heterocycles. The third kappa shape index (κ3) is 6.02. The van der Waals surface area contributed by atoms with E-state index >= 15 is 0 Å². The van der Waals surface area contributed by atoms with Crippen LogP contribution in [0.3, 0.4) is 0 Å². The van der Waals surface area contributed by atoms with Crippen LogP contribution in [0.25, 0.3) is 0 Å². The summed E-state index contributed by atoms with van der Waals surface area (Å²) in [5.41, 5.74) is -0.277. The van der Waals surface area contributed by atoms with Gasteiger partial charge in [0.15, 0.2) is 6.61 Å². The molecule has 2 aromatic carbocycles. The van der Waals surface area contributed by atoms with Gasteiger partial charge in [-0.05, 0) is 36.8 Å². The number of para-hydroxylation sites is 1. The van der Waals surface area contributed by atoms with Crippen molar-refractivity contribution in [3.63, 3.8) is 0 Å². The van der Waals surface area contributed by atoms with Gasteiger partial charge >= 0.3 is 6.18 Å². The number of rotatable bonds is 7. The standard InChI is InChI=1S/C19H19F3N2O3/c1-2-10-23-18(26)15-8-3-4-9-16(15)24-17(25)12-27-14-7-5-6-13(11-14)19(20,21)22/h3-9,11H,2,10,12H2,1H3,(H,23,26)(H,24,25). The maximum atomic E-state index is 12.7. The van der Waals surface area contributed by atoms with E-state index in [0.717, 1.165) is 18.6 Å².